The van der Waals surface area contributed by atoms with Gasteiger partial charge in [-0.3, -0.25) is 9.88 Å². The second kappa shape index (κ2) is 9.16. The van der Waals surface area contributed by atoms with Crippen molar-refractivity contribution in [2.75, 3.05) is 26.2 Å². The molecule has 144 valence electrons. The van der Waals surface area contributed by atoms with Crippen LogP contribution in [0.25, 0.3) is 0 Å². The van der Waals surface area contributed by atoms with Crippen molar-refractivity contribution in [2.45, 2.75) is 45.7 Å². The number of hydrogen-bond donors (Lipinski definition) is 0. The van der Waals surface area contributed by atoms with Gasteiger partial charge in [-0.15, -0.1) is 0 Å². The molecule has 1 saturated heterocycles. The van der Waals surface area contributed by atoms with E-state index in [0.717, 1.165) is 37.4 Å². The second-order valence-corrected chi connectivity index (χ2v) is 7.52. The normalized spacial score (nSPS) is 16.0. The number of nitriles is 1. The molecular weight excluding hydrogens is 334 g/mol. The third kappa shape index (κ3) is 4.77. The lowest BCUT2D eigenvalue weighted by atomic mass is 10.0. The molecule has 0 aliphatic carbocycles. The number of aromatic nitrogens is 2. The van der Waals surface area contributed by atoms with E-state index in [2.05, 4.69) is 52.9 Å². The zero-order chi connectivity index (χ0) is 19.2. The van der Waals surface area contributed by atoms with Crippen LogP contribution in [-0.4, -0.2) is 51.6 Å². The SMILES string of the molecule is CCN1CCC(N(CCc2ccccn2)Cc2cc(C#N)n(C)c2C)CC1. The largest absolute Gasteiger partial charge is 0.340 e. The van der Waals surface area contributed by atoms with Gasteiger partial charge in [0.05, 0.1) is 0 Å². The fraction of sp³-hybridized carbons (Fsp3) is 0.545. The van der Waals surface area contributed by atoms with Crippen molar-refractivity contribution in [3.8, 4) is 6.07 Å². The van der Waals surface area contributed by atoms with E-state index < -0.39 is 0 Å². The zero-order valence-electron chi connectivity index (χ0n) is 16.9. The molecule has 2 aromatic heterocycles. The second-order valence-electron chi connectivity index (χ2n) is 7.52. The lowest BCUT2D eigenvalue weighted by Crippen LogP contribution is -2.45. The summed E-state index contributed by atoms with van der Waals surface area (Å²) >= 11 is 0. The van der Waals surface area contributed by atoms with Gasteiger partial charge >= 0.3 is 0 Å². The molecule has 0 amide bonds. The molecule has 1 aliphatic rings. The minimum Gasteiger partial charge on any atom is -0.340 e. The van der Waals surface area contributed by atoms with E-state index in [1.165, 1.54) is 37.2 Å². The Morgan fingerprint density at radius 3 is 2.67 bits per heavy atom. The Labute approximate surface area is 163 Å². The summed E-state index contributed by atoms with van der Waals surface area (Å²) in [6.45, 7) is 9.78. The summed E-state index contributed by atoms with van der Waals surface area (Å²) < 4.78 is 2.01. The summed E-state index contributed by atoms with van der Waals surface area (Å²) in [6, 6.07) is 11.1. The van der Waals surface area contributed by atoms with Gasteiger partial charge in [-0.2, -0.15) is 5.26 Å². The summed E-state index contributed by atoms with van der Waals surface area (Å²) in [6.07, 6.45) is 5.27. The molecule has 0 saturated carbocycles. The Morgan fingerprint density at radius 1 is 1.30 bits per heavy atom. The fourth-order valence-corrected chi connectivity index (χ4v) is 4.04. The van der Waals surface area contributed by atoms with Gasteiger partial charge in [-0.1, -0.05) is 13.0 Å². The molecule has 3 rings (SSSR count). The highest BCUT2D eigenvalue weighted by Gasteiger charge is 2.25. The first-order valence-electron chi connectivity index (χ1n) is 10.0. The summed E-state index contributed by atoms with van der Waals surface area (Å²) in [5.74, 6) is 0. The molecule has 0 N–H and O–H groups in total. The van der Waals surface area contributed by atoms with Crippen molar-refractivity contribution in [3.05, 3.63) is 53.1 Å². The molecule has 3 heterocycles. The van der Waals surface area contributed by atoms with Crippen LogP contribution in [0.2, 0.25) is 0 Å². The maximum atomic E-state index is 9.35. The quantitative estimate of drug-likeness (QED) is 0.756. The molecule has 0 atom stereocenters. The third-order valence-electron chi connectivity index (χ3n) is 6.03. The molecular formula is C22H31N5. The minimum absolute atomic E-state index is 0.599. The van der Waals surface area contributed by atoms with Crippen LogP contribution in [0, 0.1) is 18.3 Å². The fourth-order valence-electron chi connectivity index (χ4n) is 4.04. The van der Waals surface area contributed by atoms with E-state index in [4.69, 9.17) is 0 Å². The van der Waals surface area contributed by atoms with Crippen LogP contribution in [0.5, 0.6) is 0 Å². The topological polar surface area (TPSA) is 48.1 Å². The van der Waals surface area contributed by atoms with Crippen molar-refractivity contribution in [1.29, 1.82) is 5.26 Å². The van der Waals surface area contributed by atoms with E-state index in [-0.39, 0.29) is 0 Å². The molecule has 0 spiro atoms. The number of hydrogen-bond acceptors (Lipinski definition) is 4. The van der Waals surface area contributed by atoms with Gasteiger partial charge in [0.25, 0.3) is 0 Å². The van der Waals surface area contributed by atoms with Crippen LogP contribution >= 0.6 is 0 Å². The van der Waals surface area contributed by atoms with Gasteiger partial charge in [0, 0.05) is 50.2 Å². The van der Waals surface area contributed by atoms with E-state index >= 15 is 0 Å². The molecule has 27 heavy (non-hydrogen) atoms. The highest BCUT2D eigenvalue weighted by Crippen LogP contribution is 2.22. The summed E-state index contributed by atoms with van der Waals surface area (Å²) in [7, 11) is 1.98. The van der Waals surface area contributed by atoms with Crippen LogP contribution in [0.4, 0.5) is 0 Å². The van der Waals surface area contributed by atoms with Gasteiger partial charge in [0.15, 0.2) is 0 Å². The molecule has 1 aliphatic heterocycles. The Balaban J connectivity index is 1.74. The van der Waals surface area contributed by atoms with Crippen LogP contribution in [0.3, 0.4) is 0 Å². The Hall–Kier alpha value is -2.16. The first-order valence-corrected chi connectivity index (χ1v) is 10.0. The predicted octanol–water partition coefficient (Wildman–Crippen LogP) is 3.13. The molecule has 0 unspecified atom stereocenters. The van der Waals surface area contributed by atoms with E-state index in [1.54, 1.807) is 0 Å². The number of rotatable bonds is 7. The van der Waals surface area contributed by atoms with Gasteiger partial charge in [-0.25, -0.2) is 0 Å². The Bertz CT molecular complexity index is 766. The van der Waals surface area contributed by atoms with Crippen LogP contribution < -0.4 is 0 Å². The molecule has 0 radical (unpaired) electrons. The summed E-state index contributed by atoms with van der Waals surface area (Å²) in [5.41, 5.74) is 4.36. The maximum Gasteiger partial charge on any atom is 0.120 e. The van der Waals surface area contributed by atoms with E-state index in [1.807, 2.05) is 23.9 Å². The van der Waals surface area contributed by atoms with Gasteiger partial charge in [-0.05, 0) is 63.2 Å². The molecule has 0 aromatic carbocycles. The highest BCUT2D eigenvalue weighted by atomic mass is 15.2. The lowest BCUT2D eigenvalue weighted by Gasteiger charge is -2.38. The molecule has 1 fully saturated rings. The van der Waals surface area contributed by atoms with Crippen molar-refractivity contribution in [1.82, 2.24) is 19.4 Å². The van der Waals surface area contributed by atoms with Crippen LogP contribution in [0.1, 0.15) is 42.4 Å². The summed E-state index contributed by atoms with van der Waals surface area (Å²) in [4.78, 5) is 9.65. The van der Waals surface area contributed by atoms with Crippen molar-refractivity contribution < 1.29 is 0 Å². The highest BCUT2D eigenvalue weighted by molar-refractivity contribution is 5.34. The summed E-state index contributed by atoms with van der Waals surface area (Å²) in [5, 5.41) is 9.35. The monoisotopic (exact) mass is 365 g/mol. The maximum absolute atomic E-state index is 9.35. The van der Waals surface area contributed by atoms with Gasteiger partial charge in [0.2, 0.25) is 0 Å². The van der Waals surface area contributed by atoms with Crippen LogP contribution in [0.15, 0.2) is 30.5 Å². The van der Waals surface area contributed by atoms with Crippen molar-refractivity contribution in [3.63, 3.8) is 0 Å². The first-order chi connectivity index (χ1) is 13.1. The predicted molar refractivity (Wildman–Crippen MR) is 108 cm³/mol. The molecule has 2 aromatic rings. The average Bonchev–Trinajstić information content (AvgIpc) is 2.99. The molecule has 0 bridgehead atoms. The number of likely N-dealkylation sites (tertiary alicyclic amines) is 1. The smallest absolute Gasteiger partial charge is 0.120 e. The van der Waals surface area contributed by atoms with Gasteiger partial charge < -0.3 is 9.47 Å². The Morgan fingerprint density at radius 2 is 2.07 bits per heavy atom. The van der Waals surface area contributed by atoms with Gasteiger partial charge in [0.1, 0.15) is 11.8 Å². The van der Waals surface area contributed by atoms with E-state index in [0.29, 0.717) is 6.04 Å². The lowest BCUT2D eigenvalue weighted by molar-refractivity contribution is 0.106. The van der Waals surface area contributed by atoms with E-state index in [9.17, 15) is 5.26 Å². The number of piperidine rings is 1. The van der Waals surface area contributed by atoms with Crippen molar-refractivity contribution >= 4 is 0 Å². The van der Waals surface area contributed by atoms with Crippen LogP contribution in [-0.2, 0) is 20.0 Å². The first kappa shape index (κ1) is 19.6. The minimum atomic E-state index is 0.599. The standard InChI is InChI=1S/C22H31N5/c1-4-26-12-9-21(10-13-26)27(14-8-20-7-5-6-11-24-20)17-19-15-22(16-23)25(3)18(19)2/h5-7,11,15,21H,4,8-10,12-14,17H2,1-3H3. The average molecular weight is 366 g/mol. The third-order valence-corrected chi connectivity index (χ3v) is 6.03. The van der Waals surface area contributed by atoms with Crippen molar-refractivity contribution in [2.24, 2.45) is 7.05 Å². The Kier molecular flexibility index (Phi) is 6.65. The molecule has 5 nitrogen and oxygen atoms in total. The molecule has 5 heteroatoms. The zero-order valence-corrected chi connectivity index (χ0v) is 16.9. The number of nitrogens with zero attached hydrogens (tertiary/aromatic N) is 5. The number of pyridine rings is 1.